The number of fused-ring (bicyclic) bond motifs is 1. The number of imidazole rings is 1. The van der Waals surface area contributed by atoms with Gasteiger partial charge in [-0.25, -0.2) is 9.78 Å². The van der Waals surface area contributed by atoms with Crippen LogP contribution in [0.5, 0.6) is 0 Å². The number of ether oxygens (including phenoxy) is 1. The molecule has 1 N–H and O–H groups in total. The third kappa shape index (κ3) is 5.02. The molecule has 0 saturated carbocycles. The molecule has 0 atom stereocenters. The van der Waals surface area contributed by atoms with E-state index in [1.807, 2.05) is 17.6 Å². The summed E-state index contributed by atoms with van der Waals surface area (Å²) in [6.07, 6.45) is 0. The Morgan fingerprint density at radius 2 is 2.00 bits per heavy atom. The molecular formula is C21H22N4O5S. The largest absolute Gasteiger partial charge is 0.462 e. The van der Waals surface area contributed by atoms with Crippen molar-refractivity contribution < 1.29 is 19.2 Å². The average Bonchev–Trinajstić information content (AvgIpc) is 3.10. The molecule has 1 heterocycles. The highest BCUT2D eigenvalue weighted by molar-refractivity contribution is 7.99. The van der Waals surface area contributed by atoms with Crippen LogP contribution in [0, 0.1) is 17.0 Å². The lowest BCUT2D eigenvalue weighted by Gasteiger charge is -2.07. The van der Waals surface area contributed by atoms with Crippen LogP contribution in [0.3, 0.4) is 0 Å². The molecule has 9 nitrogen and oxygen atoms in total. The van der Waals surface area contributed by atoms with E-state index in [0.29, 0.717) is 40.6 Å². The van der Waals surface area contributed by atoms with Gasteiger partial charge in [-0.05, 0) is 45.0 Å². The topological polar surface area (TPSA) is 116 Å². The summed E-state index contributed by atoms with van der Waals surface area (Å²) in [7, 11) is 0. The number of anilines is 1. The van der Waals surface area contributed by atoms with E-state index in [0.717, 1.165) is 5.52 Å². The summed E-state index contributed by atoms with van der Waals surface area (Å²) in [4.78, 5) is 39.5. The van der Waals surface area contributed by atoms with Crippen LogP contribution in [0.25, 0.3) is 11.0 Å². The predicted octanol–water partition coefficient (Wildman–Crippen LogP) is 4.18. The molecule has 0 aliphatic heterocycles. The Labute approximate surface area is 182 Å². The van der Waals surface area contributed by atoms with Gasteiger partial charge < -0.3 is 14.6 Å². The van der Waals surface area contributed by atoms with E-state index in [1.54, 1.807) is 38.1 Å². The summed E-state index contributed by atoms with van der Waals surface area (Å²) in [6.45, 7) is 6.29. The smallest absolute Gasteiger partial charge is 0.338 e. The fourth-order valence-corrected chi connectivity index (χ4v) is 3.95. The maximum absolute atomic E-state index is 12.4. The summed E-state index contributed by atoms with van der Waals surface area (Å²) < 4.78 is 6.99. The van der Waals surface area contributed by atoms with Gasteiger partial charge >= 0.3 is 5.97 Å². The zero-order chi connectivity index (χ0) is 22.5. The van der Waals surface area contributed by atoms with E-state index in [-0.39, 0.29) is 17.3 Å². The van der Waals surface area contributed by atoms with Crippen LogP contribution in [-0.4, -0.2) is 38.7 Å². The van der Waals surface area contributed by atoms with Gasteiger partial charge in [0.1, 0.15) is 0 Å². The molecule has 1 amide bonds. The van der Waals surface area contributed by atoms with Crippen molar-refractivity contribution in [2.45, 2.75) is 32.5 Å². The van der Waals surface area contributed by atoms with E-state index < -0.39 is 10.9 Å². The summed E-state index contributed by atoms with van der Waals surface area (Å²) in [5.41, 5.74) is 2.76. The lowest BCUT2D eigenvalue weighted by molar-refractivity contribution is -0.385. The highest BCUT2D eigenvalue weighted by Crippen LogP contribution is 2.26. The quantitative estimate of drug-likeness (QED) is 0.241. The Morgan fingerprint density at radius 3 is 2.68 bits per heavy atom. The van der Waals surface area contributed by atoms with Gasteiger partial charge in [-0.3, -0.25) is 14.9 Å². The highest BCUT2D eigenvalue weighted by atomic mass is 32.2. The van der Waals surface area contributed by atoms with Crippen molar-refractivity contribution in [1.82, 2.24) is 9.55 Å². The van der Waals surface area contributed by atoms with Crippen molar-refractivity contribution in [2.24, 2.45) is 0 Å². The highest BCUT2D eigenvalue weighted by Gasteiger charge is 2.16. The third-order valence-electron chi connectivity index (χ3n) is 4.56. The molecule has 3 aromatic rings. The number of aromatic nitrogens is 2. The van der Waals surface area contributed by atoms with Gasteiger partial charge in [-0.15, -0.1) is 0 Å². The first kappa shape index (κ1) is 22.3. The number of nitrogens with zero attached hydrogens (tertiary/aromatic N) is 3. The number of amides is 1. The number of rotatable bonds is 8. The average molecular weight is 442 g/mol. The Morgan fingerprint density at radius 1 is 1.23 bits per heavy atom. The van der Waals surface area contributed by atoms with Gasteiger partial charge in [0.2, 0.25) is 5.91 Å². The summed E-state index contributed by atoms with van der Waals surface area (Å²) in [6, 6.07) is 9.75. The molecular weight excluding hydrogens is 420 g/mol. The number of aryl methyl sites for hydroxylation is 2. The Balaban J connectivity index is 1.74. The summed E-state index contributed by atoms with van der Waals surface area (Å²) in [5, 5.41) is 14.4. The molecule has 2 aromatic carbocycles. The van der Waals surface area contributed by atoms with Crippen LogP contribution >= 0.6 is 11.8 Å². The number of hydrogen-bond acceptors (Lipinski definition) is 7. The van der Waals surface area contributed by atoms with Gasteiger partial charge in [-0.2, -0.15) is 0 Å². The van der Waals surface area contributed by atoms with Crippen molar-refractivity contribution in [3.05, 3.63) is 57.6 Å². The van der Waals surface area contributed by atoms with Crippen molar-refractivity contribution in [3.8, 4) is 0 Å². The van der Waals surface area contributed by atoms with Crippen molar-refractivity contribution in [3.63, 3.8) is 0 Å². The number of hydrogen-bond donors (Lipinski definition) is 1. The first-order valence-corrected chi connectivity index (χ1v) is 10.7. The molecule has 1 aromatic heterocycles. The lowest BCUT2D eigenvalue weighted by Crippen LogP contribution is -2.14. The molecule has 0 aliphatic rings. The fraction of sp³-hybridized carbons (Fsp3) is 0.286. The second kappa shape index (κ2) is 9.61. The maximum atomic E-state index is 12.4. The van der Waals surface area contributed by atoms with Crippen LogP contribution in [0.4, 0.5) is 11.4 Å². The minimum atomic E-state index is -0.478. The second-order valence-electron chi connectivity index (χ2n) is 6.66. The van der Waals surface area contributed by atoms with Crippen LogP contribution in [-0.2, 0) is 16.1 Å². The molecule has 31 heavy (non-hydrogen) atoms. The number of thioether (sulfide) groups is 1. The minimum Gasteiger partial charge on any atom is -0.462 e. The lowest BCUT2D eigenvalue weighted by atomic mass is 10.2. The first-order chi connectivity index (χ1) is 14.8. The van der Waals surface area contributed by atoms with Gasteiger partial charge in [0.15, 0.2) is 5.16 Å². The molecule has 0 spiro atoms. The third-order valence-corrected chi connectivity index (χ3v) is 5.54. The monoisotopic (exact) mass is 442 g/mol. The fourth-order valence-electron chi connectivity index (χ4n) is 3.08. The predicted molar refractivity (Wildman–Crippen MR) is 119 cm³/mol. The van der Waals surface area contributed by atoms with Gasteiger partial charge in [-0.1, -0.05) is 17.8 Å². The van der Waals surface area contributed by atoms with Crippen molar-refractivity contribution in [2.75, 3.05) is 17.7 Å². The Hall–Kier alpha value is -3.40. The van der Waals surface area contributed by atoms with Gasteiger partial charge in [0.25, 0.3) is 5.69 Å². The van der Waals surface area contributed by atoms with E-state index in [9.17, 15) is 19.7 Å². The Kier molecular flexibility index (Phi) is 6.91. The van der Waals surface area contributed by atoms with Crippen LogP contribution in [0.15, 0.2) is 41.6 Å². The standard InChI is InChI=1S/C21H22N4O5S/c1-4-24-17-9-7-14(20(27)30-5-2)10-16(17)23-21(24)31-12-19(26)22-15-8-6-13(3)18(11-15)25(28)29/h6-11H,4-5,12H2,1-3H3,(H,22,26). The number of nitro benzene ring substituents is 1. The number of carbonyl (C=O) groups is 2. The zero-order valence-corrected chi connectivity index (χ0v) is 18.2. The normalized spacial score (nSPS) is 10.8. The van der Waals surface area contributed by atoms with Gasteiger partial charge in [0, 0.05) is 23.9 Å². The van der Waals surface area contributed by atoms with E-state index >= 15 is 0 Å². The molecule has 162 valence electrons. The van der Waals surface area contributed by atoms with E-state index in [1.165, 1.54) is 17.8 Å². The first-order valence-electron chi connectivity index (χ1n) is 9.69. The molecule has 0 unspecified atom stereocenters. The summed E-state index contributed by atoms with van der Waals surface area (Å²) in [5.74, 6) is -0.628. The van der Waals surface area contributed by atoms with Crippen LogP contribution in [0.2, 0.25) is 0 Å². The Bertz CT molecular complexity index is 1160. The minimum absolute atomic E-state index is 0.0457. The second-order valence-corrected chi connectivity index (χ2v) is 7.60. The zero-order valence-electron chi connectivity index (χ0n) is 17.4. The number of nitro groups is 1. The molecule has 3 rings (SSSR count). The van der Waals surface area contributed by atoms with Gasteiger partial charge in [0.05, 0.1) is 33.9 Å². The van der Waals surface area contributed by atoms with E-state index in [4.69, 9.17) is 4.74 Å². The molecule has 0 aliphatic carbocycles. The number of esters is 1. The number of benzene rings is 2. The number of nitrogens with one attached hydrogen (secondary N) is 1. The maximum Gasteiger partial charge on any atom is 0.338 e. The molecule has 0 bridgehead atoms. The van der Waals surface area contributed by atoms with Crippen molar-refractivity contribution in [1.29, 1.82) is 0 Å². The molecule has 0 radical (unpaired) electrons. The molecule has 0 saturated heterocycles. The summed E-state index contributed by atoms with van der Waals surface area (Å²) >= 11 is 1.25. The van der Waals surface area contributed by atoms with Crippen LogP contribution in [0.1, 0.15) is 29.8 Å². The molecule has 10 heteroatoms. The SMILES string of the molecule is CCOC(=O)c1ccc2c(c1)nc(SCC(=O)Nc1ccc(C)c([N+](=O)[O-])c1)n2CC. The molecule has 0 fully saturated rings. The van der Waals surface area contributed by atoms with Crippen molar-refractivity contribution >= 4 is 46.0 Å². The van der Waals surface area contributed by atoms with Crippen LogP contribution < -0.4 is 5.32 Å². The number of carbonyl (C=O) groups excluding carboxylic acids is 2. The van der Waals surface area contributed by atoms with E-state index in [2.05, 4.69) is 10.3 Å².